The fourth-order valence-corrected chi connectivity index (χ4v) is 2.44. The van der Waals surface area contributed by atoms with E-state index in [4.69, 9.17) is 0 Å². The lowest BCUT2D eigenvalue weighted by Crippen LogP contribution is -2.18. The van der Waals surface area contributed by atoms with Gasteiger partial charge in [-0.25, -0.2) is 4.68 Å². The number of fused-ring (bicyclic) bond motifs is 1. The van der Waals surface area contributed by atoms with Crippen LogP contribution in [-0.4, -0.2) is 29.7 Å². The van der Waals surface area contributed by atoms with Gasteiger partial charge in [-0.2, -0.15) is 4.68 Å². The molecule has 9 heteroatoms. The van der Waals surface area contributed by atoms with E-state index >= 15 is 0 Å². The summed E-state index contributed by atoms with van der Waals surface area (Å²) in [7, 11) is 0. The van der Waals surface area contributed by atoms with Crippen LogP contribution in [0.2, 0.25) is 0 Å². The van der Waals surface area contributed by atoms with Gasteiger partial charge in [0.15, 0.2) is 0 Å². The van der Waals surface area contributed by atoms with Crippen LogP contribution in [0, 0.1) is 10.1 Å². The summed E-state index contributed by atoms with van der Waals surface area (Å²) in [6.45, 7) is 0. The zero-order chi connectivity index (χ0) is 17.4. The molecule has 4 aromatic rings. The van der Waals surface area contributed by atoms with Gasteiger partial charge in [0, 0.05) is 24.4 Å². The van der Waals surface area contributed by atoms with Gasteiger partial charge in [0.05, 0.1) is 16.1 Å². The number of hydrogen-bond donors (Lipinski definition) is 0. The molecule has 9 nitrogen and oxygen atoms in total. The van der Waals surface area contributed by atoms with E-state index in [1.807, 2.05) is 12.1 Å². The Hall–Kier alpha value is -3.88. The first-order chi connectivity index (χ1) is 12.1. The SMILES string of the molecule is O=c1ccn(-c2ccc([N+](=O)[O-])cc2)nc1-n1nnc2ccccc21. The van der Waals surface area contributed by atoms with Crippen molar-refractivity contribution in [3.8, 4) is 11.5 Å². The molecule has 0 radical (unpaired) electrons. The number of nitrogens with zero attached hydrogens (tertiary/aromatic N) is 6. The Labute approximate surface area is 139 Å². The van der Waals surface area contributed by atoms with E-state index in [9.17, 15) is 14.9 Å². The first kappa shape index (κ1) is 14.7. The van der Waals surface area contributed by atoms with E-state index < -0.39 is 4.92 Å². The molecule has 0 atom stereocenters. The third-order valence-electron chi connectivity index (χ3n) is 3.67. The van der Waals surface area contributed by atoms with E-state index in [1.54, 1.807) is 24.3 Å². The van der Waals surface area contributed by atoms with Crippen LogP contribution in [0.25, 0.3) is 22.5 Å². The second-order valence-corrected chi connectivity index (χ2v) is 5.21. The maximum absolute atomic E-state index is 12.2. The van der Waals surface area contributed by atoms with E-state index in [2.05, 4.69) is 15.4 Å². The maximum atomic E-state index is 12.2. The molecule has 122 valence electrons. The molecule has 0 bridgehead atoms. The number of hydrogen-bond acceptors (Lipinski definition) is 6. The molecular weight excluding hydrogens is 324 g/mol. The van der Waals surface area contributed by atoms with E-state index in [-0.39, 0.29) is 16.9 Å². The van der Waals surface area contributed by atoms with Crippen LogP contribution in [-0.2, 0) is 0 Å². The van der Waals surface area contributed by atoms with Crippen LogP contribution in [0.3, 0.4) is 0 Å². The van der Waals surface area contributed by atoms with Gasteiger partial charge in [-0.1, -0.05) is 17.3 Å². The van der Waals surface area contributed by atoms with Crippen molar-refractivity contribution < 1.29 is 4.92 Å². The molecule has 0 aliphatic carbocycles. The van der Waals surface area contributed by atoms with Gasteiger partial charge in [0.25, 0.3) is 5.69 Å². The third kappa shape index (κ3) is 2.53. The summed E-state index contributed by atoms with van der Waals surface area (Å²) in [6, 6.07) is 14.4. The highest BCUT2D eigenvalue weighted by atomic mass is 16.6. The van der Waals surface area contributed by atoms with Crippen LogP contribution in [0.5, 0.6) is 0 Å². The fourth-order valence-electron chi connectivity index (χ4n) is 2.44. The average molecular weight is 334 g/mol. The molecule has 0 spiro atoms. The minimum Gasteiger partial charge on any atom is -0.286 e. The van der Waals surface area contributed by atoms with Crippen molar-refractivity contribution in [2.75, 3.05) is 0 Å². The molecule has 0 fully saturated rings. The van der Waals surface area contributed by atoms with Crippen LogP contribution in [0.4, 0.5) is 5.69 Å². The van der Waals surface area contributed by atoms with E-state index in [0.29, 0.717) is 16.7 Å². The number of non-ortho nitro benzene ring substituents is 1. The minimum absolute atomic E-state index is 0.0210. The van der Waals surface area contributed by atoms with Crippen molar-refractivity contribution in [3.05, 3.63) is 81.1 Å². The highest BCUT2D eigenvalue weighted by molar-refractivity contribution is 5.75. The standard InChI is InChI=1S/C16H10N6O3/c23-15-9-10-20(11-5-7-12(8-6-11)22(24)25)18-16(15)21-14-4-2-1-3-13(14)17-19-21/h1-10H. The van der Waals surface area contributed by atoms with Crippen LogP contribution < -0.4 is 5.43 Å². The summed E-state index contributed by atoms with van der Waals surface area (Å²) in [6.07, 6.45) is 1.49. The lowest BCUT2D eigenvalue weighted by atomic mass is 10.3. The second-order valence-electron chi connectivity index (χ2n) is 5.21. The zero-order valence-corrected chi connectivity index (χ0v) is 12.7. The summed E-state index contributed by atoms with van der Waals surface area (Å²) in [5.74, 6) is 0.0922. The maximum Gasteiger partial charge on any atom is 0.269 e. The van der Waals surface area contributed by atoms with Crippen LogP contribution in [0.15, 0.2) is 65.6 Å². The Morgan fingerprint density at radius 3 is 2.52 bits per heavy atom. The Morgan fingerprint density at radius 2 is 1.76 bits per heavy atom. The summed E-state index contributed by atoms with van der Waals surface area (Å²) in [5.41, 5.74) is 1.56. The molecule has 4 rings (SSSR count). The van der Waals surface area contributed by atoms with Gasteiger partial charge in [0.2, 0.25) is 11.2 Å². The van der Waals surface area contributed by atoms with Crippen molar-refractivity contribution in [1.82, 2.24) is 24.8 Å². The van der Waals surface area contributed by atoms with Gasteiger partial charge >= 0.3 is 0 Å². The molecule has 0 saturated heterocycles. The van der Waals surface area contributed by atoms with Gasteiger partial charge < -0.3 is 0 Å². The first-order valence-corrected chi connectivity index (χ1v) is 7.29. The Balaban J connectivity index is 1.84. The fraction of sp³-hybridized carbons (Fsp3) is 0. The molecule has 0 N–H and O–H groups in total. The molecule has 2 heterocycles. The predicted molar refractivity (Wildman–Crippen MR) is 88.9 cm³/mol. The largest absolute Gasteiger partial charge is 0.286 e. The number of rotatable bonds is 3. The van der Waals surface area contributed by atoms with Crippen molar-refractivity contribution in [2.24, 2.45) is 0 Å². The summed E-state index contributed by atoms with van der Waals surface area (Å²) < 4.78 is 2.83. The summed E-state index contributed by atoms with van der Waals surface area (Å²) >= 11 is 0. The number of aromatic nitrogens is 5. The number of nitro benzene ring substituents is 1. The van der Waals surface area contributed by atoms with Gasteiger partial charge in [-0.15, -0.1) is 10.2 Å². The predicted octanol–water partition coefficient (Wildman–Crippen LogP) is 1.87. The summed E-state index contributed by atoms with van der Waals surface area (Å²) in [4.78, 5) is 22.5. The van der Waals surface area contributed by atoms with Gasteiger partial charge in [0.1, 0.15) is 5.52 Å². The summed E-state index contributed by atoms with van der Waals surface area (Å²) in [5, 5.41) is 23.1. The van der Waals surface area contributed by atoms with Crippen molar-refractivity contribution in [2.45, 2.75) is 0 Å². The molecular formula is C16H10N6O3. The molecule has 2 aromatic carbocycles. The monoisotopic (exact) mass is 334 g/mol. The highest BCUT2D eigenvalue weighted by Crippen LogP contribution is 2.15. The highest BCUT2D eigenvalue weighted by Gasteiger charge is 2.12. The second kappa shape index (κ2) is 5.64. The van der Waals surface area contributed by atoms with Crippen molar-refractivity contribution in [3.63, 3.8) is 0 Å². The smallest absolute Gasteiger partial charge is 0.269 e. The van der Waals surface area contributed by atoms with Crippen molar-refractivity contribution in [1.29, 1.82) is 0 Å². The number of nitro groups is 1. The molecule has 0 aliphatic rings. The van der Waals surface area contributed by atoms with Crippen molar-refractivity contribution >= 4 is 16.7 Å². The quantitative estimate of drug-likeness (QED) is 0.418. The lowest BCUT2D eigenvalue weighted by molar-refractivity contribution is -0.384. The molecule has 0 amide bonds. The number of para-hydroxylation sites is 1. The third-order valence-corrected chi connectivity index (χ3v) is 3.67. The van der Waals surface area contributed by atoms with Gasteiger partial charge in [-0.05, 0) is 24.3 Å². The molecule has 0 saturated carbocycles. The molecule has 2 aromatic heterocycles. The minimum atomic E-state index is -0.477. The molecule has 0 aliphatic heterocycles. The Bertz CT molecular complexity index is 1150. The molecule has 0 unspecified atom stereocenters. The normalized spacial score (nSPS) is 10.9. The molecule has 25 heavy (non-hydrogen) atoms. The van der Waals surface area contributed by atoms with Gasteiger partial charge in [-0.3, -0.25) is 14.9 Å². The number of benzene rings is 2. The van der Waals surface area contributed by atoms with E-state index in [1.165, 1.54) is 33.8 Å². The van der Waals surface area contributed by atoms with E-state index in [0.717, 1.165) is 0 Å². The lowest BCUT2D eigenvalue weighted by Gasteiger charge is -2.07. The van der Waals surface area contributed by atoms with Crippen LogP contribution in [0.1, 0.15) is 0 Å². The Morgan fingerprint density at radius 1 is 1.00 bits per heavy atom. The van der Waals surface area contributed by atoms with Crippen LogP contribution >= 0.6 is 0 Å². The Kier molecular flexibility index (Phi) is 3.31. The first-order valence-electron chi connectivity index (χ1n) is 7.29. The zero-order valence-electron chi connectivity index (χ0n) is 12.7. The topological polar surface area (TPSA) is 109 Å². The average Bonchev–Trinajstić information content (AvgIpc) is 3.06.